The van der Waals surface area contributed by atoms with Crippen molar-refractivity contribution in [3.63, 3.8) is 0 Å². The van der Waals surface area contributed by atoms with E-state index in [1.165, 1.54) is 0 Å². The zero-order chi connectivity index (χ0) is 27.2. The molecule has 6 heteroatoms. The van der Waals surface area contributed by atoms with Gasteiger partial charge in [-0.15, -0.1) is 0 Å². The average molecular weight is 508 g/mol. The van der Waals surface area contributed by atoms with Crippen molar-refractivity contribution >= 4 is 11.8 Å². The number of carbonyl (C=O) groups is 2. The van der Waals surface area contributed by atoms with Crippen molar-refractivity contribution in [2.24, 2.45) is 5.41 Å². The Balaban J connectivity index is 1.79. The van der Waals surface area contributed by atoms with Crippen LogP contribution in [0.15, 0.2) is 48.5 Å². The van der Waals surface area contributed by atoms with E-state index < -0.39 is 6.04 Å². The van der Waals surface area contributed by atoms with E-state index >= 15 is 0 Å². The molecule has 1 unspecified atom stereocenters. The third-order valence-corrected chi connectivity index (χ3v) is 6.84. The lowest BCUT2D eigenvalue weighted by atomic mass is 9.88. The standard InChI is InChI=1S/C31H45N3O3/c1-22(2)33(23(3)4)18-16-32-30(36)29-27-14-13-26(37-21-24-11-9-8-10-12-24)19-25(27)15-17-34(29)28(35)20-31(5,6)7/h8-14,19,22-23,29H,15-18,20-21H2,1-7H3,(H,32,36). The predicted molar refractivity (Wildman–Crippen MR) is 149 cm³/mol. The number of rotatable bonds is 10. The summed E-state index contributed by atoms with van der Waals surface area (Å²) in [6.07, 6.45) is 1.10. The summed E-state index contributed by atoms with van der Waals surface area (Å²) in [6.45, 7) is 17.2. The van der Waals surface area contributed by atoms with Gasteiger partial charge in [0, 0.05) is 38.1 Å². The largest absolute Gasteiger partial charge is 0.489 e. The fourth-order valence-electron chi connectivity index (χ4n) is 5.06. The number of benzene rings is 2. The van der Waals surface area contributed by atoms with Crippen molar-refractivity contribution in [1.29, 1.82) is 0 Å². The Bertz CT molecular complexity index is 1040. The molecule has 1 aliphatic heterocycles. The fraction of sp³-hybridized carbons (Fsp3) is 0.548. The van der Waals surface area contributed by atoms with Crippen LogP contribution in [0, 0.1) is 5.41 Å². The third kappa shape index (κ3) is 8.06. The molecule has 0 bridgehead atoms. The number of ether oxygens (including phenoxy) is 1. The van der Waals surface area contributed by atoms with E-state index in [9.17, 15) is 9.59 Å². The Hall–Kier alpha value is -2.86. The van der Waals surface area contributed by atoms with Gasteiger partial charge in [-0.1, -0.05) is 57.2 Å². The Morgan fingerprint density at radius 3 is 2.35 bits per heavy atom. The Labute approximate surface area is 223 Å². The van der Waals surface area contributed by atoms with Gasteiger partial charge in [0.2, 0.25) is 11.8 Å². The molecule has 0 spiro atoms. The summed E-state index contributed by atoms with van der Waals surface area (Å²) in [7, 11) is 0. The zero-order valence-electron chi connectivity index (χ0n) is 23.7. The van der Waals surface area contributed by atoms with E-state index in [1.807, 2.05) is 48.5 Å². The van der Waals surface area contributed by atoms with Crippen molar-refractivity contribution in [1.82, 2.24) is 15.1 Å². The highest BCUT2D eigenvalue weighted by Gasteiger charge is 2.37. The number of carbonyl (C=O) groups excluding carboxylic acids is 2. The Kier molecular flexibility index (Phi) is 9.77. The molecule has 0 aliphatic carbocycles. The molecule has 2 amide bonds. The highest BCUT2D eigenvalue weighted by Crippen LogP contribution is 2.34. The first-order valence-electron chi connectivity index (χ1n) is 13.6. The lowest BCUT2D eigenvalue weighted by molar-refractivity contribution is -0.142. The second-order valence-electron chi connectivity index (χ2n) is 11.8. The second kappa shape index (κ2) is 12.6. The van der Waals surface area contributed by atoms with E-state index in [1.54, 1.807) is 4.90 Å². The lowest BCUT2D eigenvalue weighted by Crippen LogP contribution is -2.49. The predicted octanol–water partition coefficient (Wildman–Crippen LogP) is 5.36. The molecule has 0 radical (unpaired) electrons. The summed E-state index contributed by atoms with van der Waals surface area (Å²) in [5, 5.41) is 3.14. The van der Waals surface area contributed by atoms with Crippen molar-refractivity contribution < 1.29 is 14.3 Å². The Morgan fingerprint density at radius 2 is 1.73 bits per heavy atom. The normalized spacial score (nSPS) is 15.7. The van der Waals surface area contributed by atoms with Crippen molar-refractivity contribution in [3.05, 3.63) is 65.2 Å². The number of hydrogen-bond donors (Lipinski definition) is 1. The molecule has 1 heterocycles. The molecule has 3 rings (SSSR count). The van der Waals surface area contributed by atoms with Gasteiger partial charge in [-0.3, -0.25) is 14.5 Å². The minimum Gasteiger partial charge on any atom is -0.489 e. The van der Waals surface area contributed by atoms with Crippen LogP contribution < -0.4 is 10.1 Å². The van der Waals surface area contributed by atoms with E-state index in [2.05, 4.69) is 58.7 Å². The quantitative estimate of drug-likeness (QED) is 0.470. The maximum atomic E-state index is 13.6. The van der Waals surface area contributed by atoms with E-state index in [4.69, 9.17) is 4.74 Å². The zero-order valence-corrected chi connectivity index (χ0v) is 23.7. The molecule has 1 atom stereocenters. The molecular formula is C31H45N3O3. The van der Waals surface area contributed by atoms with E-state index in [0.29, 0.717) is 44.6 Å². The molecule has 202 valence electrons. The average Bonchev–Trinajstić information content (AvgIpc) is 2.83. The van der Waals surface area contributed by atoms with Crippen molar-refractivity contribution in [2.75, 3.05) is 19.6 Å². The molecule has 0 saturated heterocycles. The van der Waals surface area contributed by atoms with Crippen LogP contribution in [0.1, 0.15) is 77.6 Å². The summed E-state index contributed by atoms with van der Waals surface area (Å²) in [5.41, 5.74) is 2.91. The van der Waals surface area contributed by atoms with Gasteiger partial charge < -0.3 is 15.0 Å². The highest BCUT2D eigenvalue weighted by atomic mass is 16.5. The molecule has 0 fully saturated rings. The summed E-state index contributed by atoms with van der Waals surface area (Å²) in [6, 6.07) is 16.1. The van der Waals surface area contributed by atoms with Gasteiger partial charge in [0.15, 0.2) is 0 Å². The lowest BCUT2D eigenvalue weighted by Gasteiger charge is -2.38. The van der Waals surface area contributed by atoms with Gasteiger partial charge in [0.25, 0.3) is 0 Å². The smallest absolute Gasteiger partial charge is 0.247 e. The van der Waals surface area contributed by atoms with Crippen LogP contribution in [-0.4, -0.2) is 53.3 Å². The van der Waals surface area contributed by atoms with E-state index in [-0.39, 0.29) is 17.2 Å². The number of fused-ring (bicyclic) bond motifs is 1. The first kappa shape index (κ1) is 28.7. The van der Waals surface area contributed by atoms with Gasteiger partial charge in [0.1, 0.15) is 18.4 Å². The van der Waals surface area contributed by atoms with Crippen molar-refractivity contribution in [2.45, 2.75) is 86.0 Å². The number of nitrogens with zero attached hydrogens (tertiary/aromatic N) is 2. The van der Waals surface area contributed by atoms with Gasteiger partial charge in [-0.05, 0) is 68.4 Å². The van der Waals surface area contributed by atoms with Crippen LogP contribution in [0.25, 0.3) is 0 Å². The first-order chi connectivity index (χ1) is 17.5. The van der Waals surface area contributed by atoms with Crippen LogP contribution in [0.5, 0.6) is 5.75 Å². The maximum absolute atomic E-state index is 13.6. The van der Waals surface area contributed by atoms with Gasteiger partial charge in [0.05, 0.1) is 0 Å². The van der Waals surface area contributed by atoms with Gasteiger partial charge in [-0.25, -0.2) is 0 Å². The molecule has 1 N–H and O–H groups in total. The minimum absolute atomic E-state index is 0.0219. The molecule has 6 nitrogen and oxygen atoms in total. The molecule has 2 aromatic rings. The van der Waals surface area contributed by atoms with E-state index in [0.717, 1.165) is 29.0 Å². The number of hydrogen-bond acceptors (Lipinski definition) is 4. The highest BCUT2D eigenvalue weighted by molar-refractivity contribution is 5.89. The van der Waals surface area contributed by atoms with Crippen molar-refractivity contribution in [3.8, 4) is 5.75 Å². The summed E-state index contributed by atoms with van der Waals surface area (Å²) in [4.78, 5) is 31.1. The van der Waals surface area contributed by atoms with Crippen LogP contribution in [0.4, 0.5) is 0 Å². The molecule has 2 aromatic carbocycles. The van der Waals surface area contributed by atoms with Gasteiger partial charge in [-0.2, -0.15) is 0 Å². The number of nitrogens with one attached hydrogen (secondary N) is 1. The fourth-order valence-corrected chi connectivity index (χ4v) is 5.06. The van der Waals surface area contributed by atoms with Crippen LogP contribution in [-0.2, 0) is 22.6 Å². The van der Waals surface area contributed by atoms with Gasteiger partial charge >= 0.3 is 0 Å². The minimum atomic E-state index is -0.631. The summed E-state index contributed by atoms with van der Waals surface area (Å²) in [5.74, 6) is 0.683. The second-order valence-corrected chi connectivity index (χ2v) is 11.8. The van der Waals surface area contributed by atoms with Crippen LogP contribution in [0.2, 0.25) is 0 Å². The topological polar surface area (TPSA) is 61.9 Å². The Morgan fingerprint density at radius 1 is 1.05 bits per heavy atom. The molecule has 37 heavy (non-hydrogen) atoms. The molecule has 0 saturated carbocycles. The van der Waals surface area contributed by atoms with Crippen LogP contribution in [0.3, 0.4) is 0 Å². The molecule has 0 aromatic heterocycles. The third-order valence-electron chi connectivity index (χ3n) is 6.84. The summed E-state index contributed by atoms with van der Waals surface area (Å²) >= 11 is 0. The van der Waals surface area contributed by atoms with Crippen LogP contribution >= 0.6 is 0 Å². The summed E-state index contributed by atoms with van der Waals surface area (Å²) < 4.78 is 6.04. The SMILES string of the molecule is CC(C)N(CCNC(=O)C1c2ccc(OCc3ccccc3)cc2CCN1C(=O)CC(C)(C)C)C(C)C. The number of amides is 2. The molecule has 1 aliphatic rings. The monoisotopic (exact) mass is 507 g/mol. The first-order valence-corrected chi connectivity index (χ1v) is 13.6. The maximum Gasteiger partial charge on any atom is 0.247 e. The molecular weight excluding hydrogens is 462 g/mol.